The SMILES string of the molecule is Cc1c2c(cc3c1OCCC3)OCCC2. The summed E-state index contributed by atoms with van der Waals surface area (Å²) in [7, 11) is 0. The molecule has 2 heterocycles. The van der Waals surface area contributed by atoms with Crippen LogP contribution in [0.3, 0.4) is 0 Å². The van der Waals surface area contributed by atoms with Crippen LogP contribution < -0.4 is 9.47 Å². The van der Waals surface area contributed by atoms with Crippen molar-refractivity contribution >= 4 is 0 Å². The van der Waals surface area contributed by atoms with E-state index >= 15 is 0 Å². The highest BCUT2D eigenvalue weighted by Crippen LogP contribution is 2.38. The third kappa shape index (κ3) is 1.39. The van der Waals surface area contributed by atoms with Gasteiger partial charge in [0.15, 0.2) is 0 Å². The molecule has 0 amide bonds. The van der Waals surface area contributed by atoms with E-state index in [9.17, 15) is 0 Å². The molecule has 0 saturated heterocycles. The lowest BCUT2D eigenvalue weighted by atomic mass is 9.94. The number of ether oxygens (including phenoxy) is 2. The summed E-state index contributed by atoms with van der Waals surface area (Å²) in [5.41, 5.74) is 4.00. The fourth-order valence-electron chi connectivity index (χ4n) is 2.57. The van der Waals surface area contributed by atoms with Crippen LogP contribution in [-0.4, -0.2) is 13.2 Å². The molecule has 80 valence electrons. The van der Waals surface area contributed by atoms with E-state index in [-0.39, 0.29) is 0 Å². The van der Waals surface area contributed by atoms with Crippen molar-refractivity contribution < 1.29 is 9.47 Å². The Bertz CT molecular complexity index is 362. The fraction of sp³-hybridized carbons (Fsp3) is 0.538. The van der Waals surface area contributed by atoms with Gasteiger partial charge in [0, 0.05) is 5.56 Å². The van der Waals surface area contributed by atoms with Crippen molar-refractivity contribution in [2.75, 3.05) is 13.2 Å². The molecule has 0 atom stereocenters. The van der Waals surface area contributed by atoms with Gasteiger partial charge in [-0.25, -0.2) is 0 Å². The van der Waals surface area contributed by atoms with Gasteiger partial charge in [0.25, 0.3) is 0 Å². The van der Waals surface area contributed by atoms with Crippen molar-refractivity contribution in [2.24, 2.45) is 0 Å². The van der Waals surface area contributed by atoms with Crippen LogP contribution in [0.2, 0.25) is 0 Å². The van der Waals surface area contributed by atoms with E-state index in [1.54, 1.807) is 0 Å². The van der Waals surface area contributed by atoms with Gasteiger partial charge in [-0.1, -0.05) is 0 Å². The van der Waals surface area contributed by atoms with Crippen LogP contribution in [0, 0.1) is 6.92 Å². The average molecular weight is 204 g/mol. The summed E-state index contributed by atoms with van der Waals surface area (Å²) in [5.74, 6) is 2.23. The molecule has 0 saturated carbocycles. The van der Waals surface area contributed by atoms with Crippen LogP contribution in [0.5, 0.6) is 11.5 Å². The quantitative estimate of drug-likeness (QED) is 0.646. The maximum atomic E-state index is 5.76. The van der Waals surface area contributed by atoms with Gasteiger partial charge in [0.1, 0.15) is 11.5 Å². The third-order valence-electron chi connectivity index (χ3n) is 3.35. The Morgan fingerprint density at radius 1 is 1.07 bits per heavy atom. The van der Waals surface area contributed by atoms with E-state index in [0.29, 0.717) is 0 Å². The summed E-state index contributed by atoms with van der Waals surface area (Å²) in [6.45, 7) is 3.90. The van der Waals surface area contributed by atoms with Crippen molar-refractivity contribution in [1.82, 2.24) is 0 Å². The van der Waals surface area contributed by atoms with E-state index < -0.39 is 0 Å². The van der Waals surface area contributed by atoms with E-state index in [0.717, 1.165) is 50.4 Å². The van der Waals surface area contributed by atoms with Crippen LogP contribution >= 0.6 is 0 Å². The zero-order valence-corrected chi connectivity index (χ0v) is 9.14. The summed E-state index contributed by atoms with van der Waals surface area (Å²) in [4.78, 5) is 0. The summed E-state index contributed by atoms with van der Waals surface area (Å²) in [6.07, 6.45) is 4.53. The summed E-state index contributed by atoms with van der Waals surface area (Å²) in [6, 6.07) is 2.19. The Labute approximate surface area is 90.2 Å². The van der Waals surface area contributed by atoms with E-state index in [1.807, 2.05) is 0 Å². The summed E-state index contributed by atoms with van der Waals surface area (Å²) >= 11 is 0. The molecule has 2 aliphatic rings. The highest BCUT2D eigenvalue weighted by Gasteiger charge is 2.21. The minimum Gasteiger partial charge on any atom is -0.493 e. The Kier molecular flexibility index (Phi) is 2.08. The number of benzene rings is 1. The van der Waals surface area contributed by atoms with Gasteiger partial charge in [0.2, 0.25) is 0 Å². The molecular weight excluding hydrogens is 188 g/mol. The first kappa shape index (κ1) is 9.08. The number of hydrogen-bond donors (Lipinski definition) is 0. The molecule has 0 bridgehead atoms. The van der Waals surface area contributed by atoms with Gasteiger partial charge in [-0.05, 0) is 49.8 Å². The monoisotopic (exact) mass is 204 g/mol. The predicted molar refractivity (Wildman–Crippen MR) is 58.8 cm³/mol. The van der Waals surface area contributed by atoms with Gasteiger partial charge in [0.05, 0.1) is 13.2 Å². The molecule has 0 fully saturated rings. The normalized spacial score (nSPS) is 18.5. The van der Waals surface area contributed by atoms with Crippen molar-refractivity contribution in [1.29, 1.82) is 0 Å². The number of fused-ring (bicyclic) bond motifs is 2. The molecule has 0 radical (unpaired) electrons. The zero-order chi connectivity index (χ0) is 10.3. The third-order valence-corrected chi connectivity index (χ3v) is 3.35. The van der Waals surface area contributed by atoms with Crippen LogP contribution in [0.25, 0.3) is 0 Å². The summed E-state index contributed by atoms with van der Waals surface area (Å²) in [5, 5.41) is 0. The van der Waals surface area contributed by atoms with Gasteiger partial charge < -0.3 is 9.47 Å². The highest BCUT2D eigenvalue weighted by molar-refractivity contribution is 5.54. The average Bonchev–Trinajstić information content (AvgIpc) is 2.30. The molecule has 2 aliphatic heterocycles. The molecular formula is C13H16O2. The Morgan fingerprint density at radius 3 is 2.80 bits per heavy atom. The van der Waals surface area contributed by atoms with Gasteiger partial charge in [-0.3, -0.25) is 0 Å². The van der Waals surface area contributed by atoms with E-state index in [1.165, 1.54) is 16.7 Å². The van der Waals surface area contributed by atoms with Crippen molar-refractivity contribution in [3.8, 4) is 11.5 Å². The van der Waals surface area contributed by atoms with Crippen molar-refractivity contribution in [3.63, 3.8) is 0 Å². The number of aryl methyl sites for hydroxylation is 1. The second-order valence-electron chi connectivity index (χ2n) is 4.37. The maximum absolute atomic E-state index is 5.76. The van der Waals surface area contributed by atoms with Crippen LogP contribution in [0.15, 0.2) is 6.07 Å². The first-order valence-corrected chi connectivity index (χ1v) is 5.77. The topological polar surface area (TPSA) is 18.5 Å². The first-order valence-electron chi connectivity index (χ1n) is 5.77. The van der Waals surface area contributed by atoms with Crippen LogP contribution in [-0.2, 0) is 12.8 Å². The lowest BCUT2D eigenvalue weighted by Crippen LogP contribution is -2.15. The van der Waals surface area contributed by atoms with Crippen LogP contribution in [0.4, 0.5) is 0 Å². The molecule has 3 rings (SSSR count). The molecule has 2 heteroatoms. The molecule has 15 heavy (non-hydrogen) atoms. The van der Waals surface area contributed by atoms with Gasteiger partial charge >= 0.3 is 0 Å². The van der Waals surface area contributed by atoms with E-state index in [4.69, 9.17) is 9.47 Å². The number of hydrogen-bond acceptors (Lipinski definition) is 2. The first-order chi connectivity index (χ1) is 7.36. The smallest absolute Gasteiger partial charge is 0.125 e. The standard InChI is InChI=1S/C13H16O2/c1-9-11-5-3-6-14-12(11)8-10-4-2-7-15-13(9)10/h8H,2-7H2,1H3. The second-order valence-corrected chi connectivity index (χ2v) is 4.37. The van der Waals surface area contributed by atoms with Gasteiger partial charge in [-0.15, -0.1) is 0 Å². The Hall–Kier alpha value is -1.18. The Balaban J connectivity index is 2.16. The largest absolute Gasteiger partial charge is 0.493 e. The van der Waals surface area contributed by atoms with Crippen molar-refractivity contribution in [2.45, 2.75) is 32.6 Å². The highest BCUT2D eigenvalue weighted by atomic mass is 16.5. The lowest BCUT2D eigenvalue weighted by molar-refractivity contribution is 0.270. The molecule has 0 spiro atoms. The van der Waals surface area contributed by atoms with E-state index in [2.05, 4.69) is 13.0 Å². The summed E-state index contributed by atoms with van der Waals surface area (Å²) < 4.78 is 11.5. The number of rotatable bonds is 0. The molecule has 0 aromatic heterocycles. The molecule has 1 aromatic rings. The predicted octanol–water partition coefficient (Wildman–Crippen LogP) is 2.65. The minimum atomic E-state index is 0.867. The maximum Gasteiger partial charge on any atom is 0.125 e. The molecule has 0 aliphatic carbocycles. The molecule has 2 nitrogen and oxygen atoms in total. The lowest BCUT2D eigenvalue weighted by Gasteiger charge is -2.26. The second kappa shape index (κ2) is 3.44. The molecule has 1 aromatic carbocycles. The van der Waals surface area contributed by atoms with Crippen LogP contribution in [0.1, 0.15) is 29.5 Å². The Morgan fingerprint density at radius 2 is 1.87 bits per heavy atom. The van der Waals surface area contributed by atoms with Crippen molar-refractivity contribution in [3.05, 3.63) is 22.8 Å². The molecule has 0 N–H and O–H groups in total. The fourth-order valence-corrected chi connectivity index (χ4v) is 2.57. The van der Waals surface area contributed by atoms with Gasteiger partial charge in [-0.2, -0.15) is 0 Å². The molecule has 0 unspecified atom stereocenters. The zero-order valence-electron chi connectivity index (χ0n) is 9.14. The minimum absolute atomic E-state index is 0.867.